The Bertz CT molecular complexity index is 1140. The van der Waals surface area contributed by atoms with Crippen LogP contribution in [0.4, 0.5) is 0 Å². The Morgan fingerprint density at radius 3 is 0.220 bits per heavy atom. The standard InChI is InChI=1S/C16Br34/c17-1(18,3(21,22)5(25,26)7(29,30)9(33,34)11(37,38)13(41,42)15(45,46)47)2(19,20)4(23,24)6(27,28)8(31,32)10(35,36)12(39,40)14(43,44)16(48,49)50. The van der Waals surface area contributed by atoms with Crippen LogP contribution in [0.1, 0.15) is 0 Å². The zero-order chi connectivity index (χ0) is 42.0. The van der Waals surface area contributed by atoms with Gasteiger partial charge in [0.1, 0.15) is 45.3 Å². The van der Waals surface area contributed by atoms with E-state index < -0.39 is 49.6 Å². The third-order valence-corrected chi connectivity index (χ3v) is 76.8. The molecule has 0 aliphatic rings. The molecule has 0 aromatic carbocycles. The summed E-state index contributed by atoms with van der Waals surface area (Å²) in [6.45, 7) is 0. The monoisotopic (exact) mass is 2880 g/mol. The second-order valence-electron chi connectivity index (χ2n) is 9.04. The van der Waals surface area contributed by atoms with Crippen molar-refractivity contribution in [2.24, 2.45) is 0 Å². The molecule has 0 amide bonds. The summed E-state index contributed by atoms with van der Waals surface area (Å²) in [4.78, 5) is 0. The number of rotatable bonds is 13. The highest BCUT2D eigenvalue weighted by molar-refractivity contribution is 9.44. The van der Waals surface area contributed by atoms with Crippen molar-refractivity contribution < 1.29 is 0 Å². The molecule has 0 saturated heterocycles. The third kappa shape index (κ3) is 11.3. The van der Waals surface area contributed by atoms with Crippen molar-refractivity contribution in [1.82, 2.24) is 0 Å². The molecule has 0 aromatic rings. The highest BCUT2D eigenvalue weighted by Crippen LogP contribution is 2.83. The normalized spacial score (nSPS) is 17.4. The maximum absolute atomic E-state index is 4.01. The lowest BCUT2D eigenvalue weighted by Crippen LogP contribution is -2.73. The van der Waals surface area contributed by atoms with E-state index in [2.05, 4.69) is 542 Å². The second kappa shape index (κ2) is 21.4. The first kappa shape index (κ1) is 66.3. The van der Waals surface area contributed by atoms with E-state index in [1.54, 1.807) is 0 Å². The van der Waals surface area contributed by atoms with Gasteiger partial charge in [-0.05, 0) is 0 Å². The molecule has 0 nitrogen and oxygen atoms in total. The molecule has 50 heavy (non-hydrogen) atoms. The van der Waals surface area contributed by atoms with Gasteiger partial charge in [-0.25, -0.2) is 0 Å². The predicted octanol–water partition coefficient (Wildman–Crippen LogP) is 25.5. The zero-order valence-electron chi connectivity index (χ0n) is 20.9. The van der Waals surface area contributed by atoms with E-state index in [0.717, 1.165) is 0 Å². The lowest BCUT2D eigenvalue weighted by atomic mass is 10.0. The van der Waals surface area contributed by atoms with Crippen LogP contribution in [0.15, 0.2) is 0 Å². The van der Waals surface area contributed by atoms with E-state index in [9.17, 15) is 0 Å². The zero-order valence-corrected chi connectivity index (χ0v) is 74.8. The van der Waals surface area contributed by atoms with Crippen molar-refractivity contribution >= 4 is 542 Å². The van der Waals surface area contributed by atoms with Crippen LogP contribution in [0.2, 0.25) is 0 Å². The Kier molecular flexibility index (Phi) is 28.4. The Morgan fingerprint density at radius 2 is 0.160 bits per heavy atom. The van der Waals surface area contributed by atoms with Gasteiger partial charge in [-0.1, -0.05) is 542 Å². The molecule has 0 heterocycles. The summed E-state index contributed by atoms with van der Waals surface area (Å²) in [5.74, 6) is 0. The van der Waals surface area contributed by atoms with Gasteiger partial charge in [0.05, 0.1) is 0 Å². The van der Waals surface area contributed by atoms with Crippen molar-refractivity contribution in [3.63, 3.8) is 0 Å². The van der Waals surface area contributed by atoms with Crippen LogP contribution in [0, 0.1) is 0 Å². The number of hydrogen-bond donors (Lipinski definition) is 0. The Hall–Kier alpha value is 16.3. The first-order valence-corrected chi connectivity index (χ1v) is 37.1. The molecule has 0 atom stereocenters. The summed E-state index contributed by atoms with van der Waals surface area (Å²) >= 11 is 132. The average Bonchev–Trinajstić information content (AvgIpc) is 2.85. The van der Waals surface area contributed by atoms with E-state index in [0.29, 0.717) is 0 Å². The van der Waals surface area contributed by atoms with Crippen LogP contribution >= 0.6 is 542 Å². The molecule has 0 bridgehead atoms. The number of alkyl halides is 34. The molecular formula is C16Br34. The van der Waals surface area contributed by atoms with Crippen molar-refractivity contribution in [2.45, 2.75) is 49.6 Å². The first-order valence-electron chi connectivity index (χ1n) is 10.2. The summed E-state index contributed by atoms with van der Waals surface area (Å²) in [7, 11) is 0. The van der Waals surface area contributed by atoms with Gasteiger partial charge in [-0.15, -0.1) is 0 Å². The van der Waals surface area contributed by atoms with Gasteiger partial charge in [0.15, 0.2) is 4.29 Å². The lowest BCUT2D eigenvalue weighted by molar-refractivity contribution is 0.527. The molecule has 0 aromatic heterocycles. The number of hydrogen-bond acceptors (Lipinski definition) is 0. The van der Waals surface area contributed by atoms with E-state index in [1.807, 2.05) is 0 Å². The molecule has 0 N–H and O–H groups in total. The van der Waals surface area contributed by atoms with Crippen LogP contribution in [0.5, 0.6) is 0 Å². The summed E-state index contributed by atoms with van der Waals surface area (Å²) in [5, 5.41) is 0. The Labute approximate surface area is 576 Å². The lowest BCUT2D eigenvalue weighted by Gasteiger charge is -2.62. The van der Waals surface area contributed by atoms with E-state index in [1.165, 1.54) is 0 Å². The molecule has 0 spiro atoms. The molecule has 0 unspecified atom stereocenters. The Balaban J connectivity index is 7.70. The molecule has 0 saturated carbocycles. The third-order valence-electron chi connectivity index (χ3n) is 5.84. The fraction of sp³-hybridized carbons (Fsp3) is 1.00. The maximum atomic E-state index is 4.01. The molecule has 0 aliphatic carbocycles. The molecule has 0 aliphatic heterocycles. The molecule has 34 heteroatoms. The fourth-order valence-corrected chi connectivity index (χ4v) is 35.9. The van der Waals surface area contributed by atoms with E-state index in [-0.39, 0.29) is 0 Å². The predicted molar refractivity (Wildman–Crippen MR) is 347 cm³/mol. The molecular weight excluding hydrogens is 2910 g/mol. The SMILES string of the molecule is BrC(Br)(Br)C(Br)(Br)C(Br)(Br)C(Br)(Br)C(Br)(Br)C(Br)(Br)C(Br)(Br)C(Br)(Br)C(Br)(Br)C(Br)(Br)C(Br)(Br)C(Br)(Br)C(Br)(Br)C(Br)(Br)C(Br)(Br)C(Br)(Br)Br. The molecule has 0 radical (unpaired) electrons. The maximum Gasteiger partial charge on any atom is 0.162 e. The van der Waals surface area contributed by atoms with Crippen molar-refractivity contribution in [3.05, 3.63) is 0 Å². The van der Waals surface area contributed by atoms with Gasteiger partial charge in [0, 0.05) is 0 Å². The highest BCUT2D eigenvalue weighted by atomic mass is 80.0. The molecule has 302 valence electrons. The van der Waals surface area contributed by atoms with Crippen LogP contribution in [0.25, 0.3) is 0 Å². The first-order chi connectivity index (χ1) is 20.8. The van der Waals surface area contributed by atoms with E-state index in [4.69, 9.17) is 0 Å². The van der Waals surface area contributed by atoms with Crippen molar-refractivity contribution in [1.29, 1.82) is 0 Å². The summed E-state index contributed by atoms with van der Waals surface area (Å²) < 4.78 is -18.6. The number of halogens is 34. The smallest absolute Gasteiger partial charge is 0.0675 e. The van der Waals surface area contributed by atoms with Crippen molar-refractivity contribution in [3.8, 4) is 0 Å². The van der Waals surface area contributed by atoms with Gasteiger partial charge in [0.25, 0.3) is 0 Å². The minimum Gasteiger partial charge on any atom is -0.0675 e. The van der Waals surface area contributed by atoms with Gasteiger partial charge in [0.2, 0.25) is 0 Å². The summed E-state index contributed by atoms with van der Waals surface area (Å²) in [5.41, 5.74) is 0. The average molecular weight is 2910 g/mol. The van der Waals surface area contributed by atoms with Gasteiger partial charge in [-0.2, -0.15) is 0 Å². The van der Waals surface area contributed by atoms with E-state index >= 15 is 0 Å². The minimum absolute atomic E-state index is 0.894. The van der Waals surface area contributed by atoms with Gasteiger partial charge in [-0.3, -0.25) is 0 Å². The minimum atomic E-state index is -1.30. The Morgan fingerprint density at radius 1 is 0.100 bits per heavy atom. The van der Waals surface area contributed by atoms with Crippen LogP contribution in [0.3, 0.4) is 0 Å². The molecule has 0 rings (SSSR count). The van der Waals surface area contributed by atoms with Gasteiger partial charge >= 0.3 is 0 Å². The van der Waals surface area contributed by atoms with Crippen LogP contribution in [-0.4, -0.2) is 49.6 Å². The quantitative estimate of drug-likeness (QED) is 0.161. The summed E-state index contributed by atoms with van der Waals surface area (Å²) in [6, 6.07) is 0. The largest absolute Gasteiger partial charge is 0.162 e. The molecule has 0 fully saturated rings. The summed E-state index contributed by atoms with van der Waals surface area (Å²) in [6.07, 6.45) is 0. The van der Waals surface area contributed by atoms with Crippen LogP contribution in [-0.2, 0) is 0 Å². The fourth-order valence-electron chi connectivity index (χ4n) is 2.72. The topological polar surface area (TPSA) is 0 Å². The van der Waals surface area contributed by atoms with Gasteiger partial charge < -0.3 is 0 Å². The van der Waals surface area contributed by atoms with Crippen molar-refractivity contribution in [2.75, 3.05) is 0 Å². The second-order valence-corrected chi connectivity index (χ2v) is 70.8. The highest BCUT2D eigenvalue weighted by Gasteiger charge is 2.83. The van der Waals surface area contributed by atoms with Crippen LogP contribution < -0.4 is 0 Å².